The van der Waals surface area contributed by atoms with Gasteiger partial charge in [0.05, 0.1) is 10.6 Å². The van der Waals surface area contributed by atoms with Crippen molar-refractivity contribution in [3.63, 3.8) is 0 Å². The van der Waals surface area contributed by atoms with Crippen LogP contribution in [0.2, 0.25) is 5.02 Å². The Morgan fingerprint density at radius 2 is 2.53 bits per heavy atom. The number of carbonyl (C=O) groups excluding carboxylic acids is 1. The van der Waals surface area contributed by atoms with Gasteiger partial charge in [0.15, 0.2) is 0 Å². The summed E-state index contributed by atoms with van der Waals surface area (Å²) in [6.45, 7) is 1.70. The first-order valence-corrected chi connectivity index (χ1v) is 6.81. The van der Waals surface area contributed by atoms with Gasteiger partial charge in [0.1, 0.15) is 4.88 Å². The van der Waals surface area contributed by atoms with Gasteiger partial charge in [-0.2, -0.15) is 0 Å². The third kappa shape index (κ3) is 3.19. The van der Waals surface area contributed by atoms with Crippen molar-refractivity contribution in [3.8, 4) is 0 Å². The van der Waals surface area contributed by atoms with Crippen LogP contribution in [0.5, 0.6) is 0 Å². The molecule has 1 aromatic rings. The monoisotopic (exact) mass is 274 g/mol. The molecule has 3 N–H and O–H groups in total. The number of halogens is 1. The predicted octanol–water partition coefficient (Wildman–Crippen LogP) is 1.25. The van der Waals surface area contributed by atoms with Crippen molar-refractivity contribution in [3.05, 3.63) is 21.3 Å². The molecule has 0 aromatic carbocycles. The number of hydrogen-bond donors (Lipinski definition) is 3. The summed E-state index contributed by atoms with van der Waals surface area (Å²) >= 11 is 7.17. The predicted molar refractivity (Wildman–Crippen MR) is 68.7 cm³/mol. The molecule has 0 aliphatic carbocycles. The van der Waals surface area contributed by atoms with Crippen molar-refractivity contribution in [2.24, 2.45) is 0 Å². The van der Waals surface area contributed by atoms with Crippen LogP contribution in [0.25, 0.3) is 0 Å². The highest BCUT2D eigenvalue weighted by Crippen LogP contribution is 2.22. The van der Waals surface area contributed by atoms with Crippen LogP contribution in [0.4, 0.5) is 0 Å². The summed E-state index contributed by atoms with van der Waals surface area (Å²) in [5, 5.41) is 18.3. The van der Waals surface area contributed by atoms with Crippen LogP contribution in [0.15, 0.2) is 11.4 Å². The van der Waals surface area contributed by atoms with Gasteiger partial charge in [-0.15, -0.1) is 11.3 Å². The zero-order valence-corrected chi connectivity index (χ0v) is 10.9. The summed E-state index contributed by atoms with van der Waals surface area (Å²) in [6, 6.07) is 1.69. The van der Waals surface area contributed by atoms with E-state index in [1.807, 2.05) is 0 Å². The molecule has 1 fully saturated rings. The fourth-order valence-electron chi connectivity index (χ4n) is 1.88. The van der Waals surface area contributed by atoms with Gasteiger partial charge in [0.25, 0.3) is 5.91 Å². The number of β-amino-alcohol motifs (C(OH)–C–C–N with tert-alkyl or cyclic N) is 1. The van der Waals surface area contributed by atoms with E-state index in [4.69, 9.17) is 11.6 Å². The van der Waals surface area contributed by atoms with Crippen molar-refractivity contribution in [1.29, 1.82) is 0 Å². The second-order valence-corrected chi connectivity index (χ2v) is 5.61. The number of carbonyl (C=O) groups is 1. The second kappa shape index (κ2) is 5.35. The summed E-state index contributed by atoms with van der Waals surface area (Å²) in [7, 11) is 0. The minimum absolute atomic E-state index is 0.219. The van der Waals surface area contributed by atoms with Crippen LogP contribution in [0.3, 0.4) is 0 Å². The number of amides is 1. The van der Waals surface area contributed by atoms with Gasteiger partial charge in [-0.1, -0.05) is 11.6 Å². The molecular weight excluding hydrogens is 260 g/mol. The number of hydrogen-bond acceptors (Lipinski definition) is 4. The van der Waals surface area contributed by atoms with Crippen molar-refractivity contribution < 1.29 is 9.90 Å². The molecule has 1 aliphatic rings. The minimum Gasteiger partial charge on any atom is -0.387 e. The van der Waals surface area contributed by atoms with Gasteiger partial charge < -0.3 is 15.7 Å². The Kier molecular flexibility index (Phi) is 4.04. The van der Waals surface area contributed by atoms with E-state index in [2.05, 4.69) is 10.6 Å². The van der Waals surface area contributed by atoms with E-state index in [-0.39, 0.29) is 12.5 Å². The van der Waals surface area contributed by atoms with Crippen LogP contribution in [-0.2, 0) is 0 Å². The Morgan fingerprint density at radius 3 is 3.12 bits per heavy atom. The lowest BCUT2D eigenvalue weighted by atomic mass is 9.94. The van der Waals surface area contributed by atoms with Crippen molar-refractivity contribution in [2.45, 2.75) is 18.4 Å². The maximum atomic E-state index is 11.8. The molecule has 1 saturated heterocycles. The molecule has 4 nitrogen and oxygen atoms in total. The van der Waals surface area contributed by atoms with Crippen LogP contribution in [0, 0.1) is 0 Å². The lowest BCUT2D eigenvalue weighted by Gasteiger charge is -2.32. The standard InChI is InChI=1S/C11H15ClN2O2S/c12-8-2-5-17-9(8)10(15)14-7-11(16)3-1-4-13-6-11/h2,5,13,16H,1,3-4,6-7H2,(H,14,15)/t11-/m0/s1. The van der Waals surface area contributed by atoms with Gasteiger partial charge in [0, 0.05) is 13.1 Å². The van der Waals surface area contributed by atoms with Gasteiger partial charge in [-0.05, 0) is 30.8 Å². The minimum atomic E-state index is -0.836. The molecule has 0 spiro atoms. The van der Waals surface area contributed by atoms with E-state index in [0.29, 0.717) is 22.9 Å². The average molecular weight is 275 g/mol. The van der Waals surface area contributed by atoms with Gasteiger partial charge in [-0.3, -0.25) is 4.79 Å². The molecule has 0 saturated carbocycles. The maximum Gasteiger partial charge on any atom is 0.262 e. The molecular formula is C11H15ClN2O2S. The molecule has 0 radical (unpaired) electrons. The zero-order chi connectivity index (χ0) is 12.3. The molecule has 1 aliphatic heterocycles. The van der Waals surface area contributed by atoms with E-state index < -0.39 is 5.60 Å². The van der Waals surface area contributed by atoms with E-state index in [9.17, 15) is 9.90 Å². The average Bonchev–Trinajstić information content (AvgIpc) is 2.74. The Hall–Kier alpha value is -0.620. The smallest absolute Gasteiger partial charge is 0.262 e. The highest BCUT2D eigenvalue weighted by Gasteiger charge is 2.29. The summed E-state index contributed by atoms with van der Waals surface area (Å²) in [5.74, 6) is -0.219. The number of rotatable bonds is 3. The molecule has 94 valence electrons. The molecule has 1 atom stereocenters. The molecule has 17 heavy (non-hydrogen) atoms. The quantitative estimate of drug-likeness (QED) is 0.777. The highest BCUT2D eigenvalue weighted by atomic mass is 35.5. The van der Waals surface area contributed by atoms with E-state index in [0.717, 1.165) is 13.0 Å². The Bertz CT molecular complexity index is 402. The molecule has 0 unspecified atom stereocenters. The Morgan fingerprint density at radius 1 is 1.71 bits per heavy atom. The number of piperidine rings is 1. The normalized spacial score (nSPS) is 24.6. The van der Waals surface area contributed by atoms with Crippen LogP contribution in [0.1, 0.15) is 22.5 Å². The van der Waals surface area contributed by atoms with E-state index >= 15 is 0 Å². The SMILES string of the molecule is O=C(NC[C@]1(O)CCCNC1)c1sccc1Cl. The van der Waals surface area contributed by atoms with Crippen LogP contribution < -0.4 is 10.6 Å². The molecule has 6 heteroatoms. The van der Waals surface area contributed by atoms with Crippen molar-refractivity contribution in [1.82, 2.24) is 10.6 Å². The zero-order valence-electron chi connectivity index (χ0n) is 9.33. The van der Waals surface area contributed by atoms with E-state index in [1.54, 1.807) is 11.4 Å². The molecule has 2 rings (SSSR count). The first-order valence-electron chi connectivity index (χ1n) is 5.55. The van der Waals surface area contributed by atoms with Gasteiger partial charge >= 0.3 is 0 Å². The molecule has 2 heterocycles. The topological polar surface area (TPSA) is 61.4 Å². The fourth-order valence-corrected chi connectivity index (χ4v) is 2.94. The summed E-state index contributed by atoms with van der Waals surface area (Å²) in [4.78, 5) is 12.3. The lowest BCUT2D eigenvalue weighted by Crippen LogP contribution is -2.52. The second-order valence-electron chi connectivity index (χ2n) is 4.29. The van der Waals surface area contributed by atoms with Crippen LogP contribution >= 0.6 is 22.9 Å². The highest BCUT2D eigenvalue weighted by molar-refractivity contribution is 7.12. The maximum absolute atomic E-state index is 11.8. The lowest BCUT2D eigenvalue weighted by molar-refractivity contribution is 0.0170. The fraction of sp³-hybridized carbons (Fsp3) is 0.545. The number of nitrogens with one attached hydrogen (secondary N) is 2. The van der Waals surface area contributed by atoms with Crippen molar-refractivity contribution in [2.75, 3.05) is 19.6 Å². The van der Waals surface area contributed by atoms with E-state index in [1.165, 1.54) is 11.3 Å². The third-order valence-corrected chi connectivity index (χ3v) is 4.19. The Labute approximate surface area is 109 Å². The van der Waals surface area contributed by atoms with Crippen molar-refractivity contribution >= 4 is 28.8 Å². The number of aliphatic hydroxyl groups is 1. The molecule has 0 bridgehead atoms. The first kappa shape index (κ1) is 12.8. The van der Waals surface area contributed by atoms with Crippen LogP contribution in [-0.4, -0.2) is 36.2 Å². The summed E-state index contributed by atoms with van der Waals surface area (Å²) in [5.41, 5.74) is -0.836. The molecule has 1 aromatic heterocycles. The Balaban J connectivity index is 1.90. The molecule has 1 amide bonds. The van der Waals surface area contributed by atoms with Gasteiger partial charge in [-0.25, -0.2) is 0 Å². The summed E-state index contributed by atoms with van der Waals surface area (Å²) in [6.07, 6.45) is 1.63. The summed E-state index contributed by atoms with van der Waals surface area (Å²) < 4.78 is 0. The van der Waals surface area contributed by atoms with Gasteiger partial charge in [0.2, 0.25) is 0 Å². The largest absolute Gasteiger partial charge is 0.387 e. The number of thiophene rings is 1. The third-order valence-electron chi connectivity index (χ3n) is 2.85. The first-order chi connectivity index (χ1) is 8.11.